The summed E-state index contributed by atoms with van der Waals surface area (Å²) in [5, 5.41) is 11.4. The van der Waals surface area contributed by atoms with E-state index in [4.69, 9.17) is 28.3 Å². The number of aryl methyl sites for hydroxylation is 1. The van der Waals surface area contributed by atoms with Crippen LogP contribution in [0.15, 0.2) is 15.8 Å². The van der Waals surface area contributed by atoms with Gasteiger partial charge < -0.3 is 5.11 Å². The fourth-order valence-electron chi connectivity index (χ4n) is 1.48. The molecule has 0 aromatic carbocycles. The number of carboxylic acids is 1. The molecule has 0 saturated carbocycles. The molecule has 0 aliphatic carbocycles. The molecule has 0 saturated heterocycles. The van der Waals surface area contributed by atoms with Crippen molar-refractivity contribution in [2.24, 2.45) is 0 Å². The summed E-state index contributed by atoms with van der Waals surface area (Å²) < 4.78 is 0.786. The lowest BCUT2D eigenvalue weighted by atomic mass is 10.3. The fourth-order valence-corrected chi connectivity index (χ4v) is 4.18. The molecule has 2 heterocycles. The molecule has 4 nitrogen and oxygen atoms in total. The van der Waals surface area contributed by atoms with Crippen molar-refractivity contribution in [1.29, 1.82) is 0 Å². The smallest absolute Gasteiger partial charge is 0.309 e. The largest absolute Gasteiger partial charge is 0.481 e. The average molecular weight is 349 g/mol. The molecule has 8 heteroatoms. The highest BCUT2D eigenvalue weighted by Gasteiger charge is 2.11. The van der Waals surface area contributed by atoms with Crippen LogP contribution in [-0.4, -0.2) is 21.0 Å². The van der Waals surface area contributed by atoms with Crippen LogP contribution in [0.4, 0.5) is 0 Å². The molecule has 0 bridgehead atoms. The number of carboxylic acid groups (broad SMARTS) is 1. The van der Waals surface area contributed by atoms with Gasteiger partial charge in [0.25, 0.3) is 0 Å². The van der Waals surface area contributed by atoms with Gasteiger partial charge in [-0.15, -0.1) is 11.3 Å². The van der Waals surface area contributed by atoms with Gasteiger partial charge in [-0.05, 0) is 13.0 Å². The maximum absolute atomic E-state index is 10.6. The van der Waals surface area contributed by atoms with Crippen molar-refractivity contribution < 1.29 is 9.90 Å². The molecular formula is C12H10Cl2N2O2S2. The van der Waals surface area contributed by atoms with E-state index in [2.05, 4.69) is 9.97 Å². The number of aliphatic carboxylic acids is 1. The molecule has 2 aromatic rings. The predicted molar refractivity (Wildman–Crippen MR) is 82.0 cm³/mol. The summed E-state index contributed by atoms with van der Waals surface area (Å²) in [6, 6.07) is 1.76. The lowest BCUT2D eigenvalue weighted by molar-refractivity contribution is -0.136. The van der Waals surface area contributed by atoms with E-state index in [-0.39, 0.29) is 6.42 Å². The maximum Gasteiger partial charge on any atom is 0.309 e. The molecule has 0 spiro atoms. The molecule has 0 atom stereocenters. The summed E-state index contributed by atoms with van der Waals surface area (Å²) in [5.41, 5.74) is 2.09. The number of hydrogen-bond donors (Lipinski definition) is 1. The van der Waals surface area contributed by atoms with Crippen LogP contribution < -0.4 is 0 Å². The summed E-state index contributed by atoms with van der Waals surface area (Å²) in [6.45, 7) is 1.83. The van der Waals surface area contributed by atoms with Gasteiger partial charge in [-0.3, -0.25) is 4.79 Å². The Morgan fingerprint density at radius 2 is 2.20 bits per heavy atom. The van der Waals surface area contributed by atoms with Crippen molar-refractivity contribution in [2.45, 2.75) is 23.4 Å². The Hall–Kier alpha value is -0.820. The van der Waals surface area contributed by atoms with Crippen LogP contribution in [0.25, 0.3) is 0 Å². The lowest BCUT2D eigenvalue weighted by Crippen LogP contribution is -1.99. The lowest BCUT2D eigenvalue weighted by Gasteiger charge is -2.06. The van der Waals surface area contributed by atoms with E-state index in [1.165, 1.54) is 23.1 Å². The highest BCUT2D eigenvalue weighted by molar-refractivity contribution is 8.00. The topological polar surface area (TPSA) is 63.1 Å². The number of rotatable bonds is 5. The highest BCUT2D eigenvalue weighted by Crippen LogP contribution is 2.32. The third kappa shape index (κ3) is 4.09. The second-order valence-electron chi connectivity index (χ2n) is 3.98. The van der Waals surface area contributed by atoms with Gasteiger partial charge in [-0.25, -0.2) is 9.97 Å². The van der Waals surface area contributed by atoms with Gasteiger partial charge in [-0.1, -0.05) is 35.0 Å². The first-order valence-corrected chi connectivity index (χ1v) is 8.18. The molecule has 2 rings (SSSR count). The summed E-state index contributed by atoms with van der Waals surface area (Å²) in [6.07, 6.45) is -0.0648. The maximum atomic E-state index is 10.6. The van der Waals surface area contributed by atoms with Gasteiger partial charge >= 0.3 is 5.97 Å². The number of halogens is 2. The summed E-state index contributed by atoms with van der Waals surface area (Å²) in [4.78, 5) is 19.0. The van der Waals surface area contributed by atoms with Crippen LogP contribution in [-0.2, 0) is 17.0 Å². The van der Waals surface area contributed by atoms with Crippen molar-refractivity contribution >= 4 is 52.3 Å². The third-order valence-corrected chi connectivity index (χ3v) is 5.10. The molecule has 0 aliphatic heterocycles. The van der Waals surface area contributed by atoms with Gasteiger partial charge in [0.1, 0.15) is 9.49 Å². The van der Waals surface area contributed by atoms with Gasteiger partial charge in [0.05, 0.1) is 12.1 Å². The van der Waals surface area contributed by atoms with E-state index >= 15 is 0 Å². The van der Waals surface area contributed by atoms with Gasteiger partial charge in [-0.2, -0.15) is 0 Å². The fraction of sp³-hybridized carbons (Fsp3) is 0.250. The van der Waals surface area contributed by atoms with Crippen molar-refractivity contribution in [3.05, 3.63) is 38.6 Å². The van der Waals surface area contributed by atoms with E-state index in [0.29, 0.717) is 21.6 Å². The number of pyridine rings is 1. The molecule has 0 radical (unpaired) electrons. The second kappa shape index (κ2) is 6.76. The van der Waals surface area contributed by atoms with Gasteiger partial charge in [0.15, 0.2) is 0 Å². The quantitative estimate of drug-likeness (QED) is 0.651. The molecule has 1 N–H and O–H groups in total. The van der Waals surface area contributed by atoms with Crippen LogP contribution in [0.3, 0.4) is 0 Å². The minimum atomic E-state index is -0.888. The van der Waals surface area contributed by atoms with Crippen molar-refractivity contribution in [2.75, 3.05) is 0 Å². The highest BCUT2D eigenvalue weighted by atomic mass is 35.5. The third-order valence-electron chi connectivity index (χ3n) is 2.35. The number of thioether (sulfide) groups is 1. The van der Waals surface area contributed by atoms with Crippen molar-refractivity contribution in [3.63, 3.8) is 0 Å². The van der Waals surface area contributed by atoms with Crippen LogP contribution in [0.1, 0.15) is 17.0 Å². The molecule has 0 unspecified atom stereocenters. The first-order chi connectivity index (χ1) is 9.45. The molecule has 0 fully saturated rings. The zero-order valence-corrected chi connectivity index (χ0v) is 13.5. The summed E-state index contributed by atoms with van der Waals surface area (Å²) in [5.74, 6) is -0.342. The molecule has 0 aliphatic rings. The Morgan fingerprint density at radius 3 is 2.85 bits per heavy atom. The van der Waals surface area contributed by atoms with E-state index < -0.39 is 5.97 Å². The number of nitrogens with zero attached hydrogens (tertiary/aromatic N) is 2. The predicted octanol–water partition coefficient (Wildman–Crippen LogP) is 4.07. The zero-order valence-electron chi connectivity index (χ0n) is 10.4. The Bertz CT molecular complexity index is 623. The molecule has 0 amide bonds. The standard InChI is InChI=1S/C12H10Cl2N2O2S2/c1-6-2-9(13)8(11(14)15-6)5-20-12-16-7(4-19-12)3-10(17)18/h2,4H,3,5H2,1H3,(H,17,18). The van der Waals surface area contributed by atoms with Crippen LogP contribution in [0.5, 0.6) is 0 Å². The molecule has 2 aromatic heterocycles. The first kappa shape index (κ1) is 15.6. The Labute approximate surface area is 134 Å². The van der Waals surface area contributed by atoms with Gasteiger partial charge in [0, 0.05) is 27.4 Å². The number of thiazole rings is 1. The van der Waals surface area contributed by atoms with Gasteiger partial charge in [0.2, 0.25) is 0 Å². The Balaban J connectivity index is 2.05. The molecule has 106 valence electrons. The molecule has 20 heavy (non-hydrogen) atoms. The van der Waals surface area contributed by atoms with E-state index in [0.717, 1.165) is 15.6 Å². The monoisotopic (exact) mass is 348 g/mol. The number of hydrogen-bond acceptors (Lipinski definition) is 5. The summed E-state index contributed by atoms with van der Waals surface area (Å²) in [7, 11) is 0. The SMILES string of the molecule is Cc1cc(Cl)c(CSc2nc(CC(=O)O)cs2)c(Cl)n1. The normalized spacial score (nSPS) is 10.8. The number of aromatic nitrogens is 2. The van der Waals surface area contributed by atoms with E-state index in [1.54, 1.807) is 11.4 Å². The molecular weight excluding hydrogens is 339 g/mol. The van der Waals surface area contributed by atoms with E-state index in [9.17, 15) is 4.79 Å². The van der Waals surface area contributed by atoms with Crippen LogP contribution in [0, 0.1) is 6.92 Å². The summed E-state index contributed by atoms with van der Waals surface area (Å²) >= 11 is 15.1. The Morgan fingerprint density at radius 1 is 1.45 bits per heavy atom. The Kier molecular flexibility index (Phi) is 5.26. The second-order valence-corrected chi connectivity index (χ2v) is 6.82. The van der Waals surface area contributed by atoms with Crippen molar-refractivity contribution in [3.8, 4) is 0 Å². The zero-order chi connectivity index (χ0) is 14.7. The van der Waals surface area contributed by atoms with Crippen LogP contribution >= 0.6 is 46.3 Å². The average Bonchev–Trinajstić information content (AvgIpc) is 2.74. The number of carbonyl (C=O) groups is 1. The minimum absolute atomic E-state index is 0.0648. The van der Waals surface area contributed by atoms with E-state index in [1.807, 2.05) is 6.92 Å². The minimum Gasteiger partial charge on any atom is -0.481 e. The first-order valence-electron chi connectivity index (χ1n) is 5.56. The van der Waals surface area contributed by atoms with Crippen molar-refractivity contribution in [1.82, 2.24) is 9.97 Å². The van der Waals surface area contributed by atoms with Crippen LogP contribution in [0.2, 0.25) is 10.2 Å².